The number of ether oxygens (including phenoxy) is 2. The molecule has 1 fully saturated rings. The van der Waals surface area contributed by atoms with E-state index in [2.05, 4.69) is 0 Å². The maximum absolute atomic E-state index is 12.4. The molecule has 1 heterocycles. The summed E-state index contributed by atoms with van der Waals surface area (Å²) < 4.78 is 11.5. The Kier molecular flexibility index (Phi) is 6.02. The maximum atomic E-state index is 12.4. The fourth-order valence-corrected chi connectivity index (χ4v) is 3.12. The van der Waals surface area contributed by atoms with E-state index in [1.165, 1.54) is 12.1 Å². The molecule has 0 N–H and O–H groups in total. The third kappa shape index (κ3) is 5.58. The smallest absolute Gasteiger partial charge is 0.410 e. The van der Waals surface area contributed by atoms with Crippen LogP contribution in [-0.2, 0) is 10.2 Å². The van der Waals surface area contributed by atoms with Crippen LogP contribution in [0.15, 0.2) is 18.2 Å². The van der Waals surface area contributed by atoms with Crippen LogP contribution in [0.5, 0.6) is 5.75 Å². The van der Waals surface area contributed by atoms with Gasteiger partial charge in [0.25, 0.3) is 5.69 Å². The fraction of sp³-hybridized carbons (Fsp3) is 0.650. The van der Waals surface area contributed by atoms with E-state index in [1.807, 2.05) is 41.5 Å². The highest BCUT2D eigenvalue weighted by atomic mass is 16.6. The molecule has 7 nitrogen and oxygen atoms in total. The summed E-state index contributed by atoms with van der Waals surface area (Å²) in [4.78, 5) is 24.8. The lowest BCUT2D eigenvalue weighted by Crippen LogP contribution is -2.42. The van der Waals surface area contributed by atoms with Gasteiger partial charge < -0.3 is 14.4 Å². The van der Waals surface area contributed by atoms with Crippen LogP contribution in [0.3, 0.4) is 0 Å². The van der Waals surface area contributed by atoms with Crippen molar-refractivity contribution in [1.29, 1.82) is 0 Å². The first-order valence-electron chi connectivity index (χ1n) is 9.30. The number of carbonyl (C=O) groups excluding carboxylic acids is 1. The SMILES string of the molecule is CC(C)(C)OC(=O)N1CCCC1COc1cc([N+](=O)[O-])ccc1C(C)(C)C. The van der Waals surface area contributed by atoms with Gasteiger partial charge in [-0.05, 0) is 50.7 Å². The minimum Gasteiger partial charge on any atom is -0.491 e. The molecule has 1 amide bonds. The summed E-state index contributed by atoms with van der Waals surface area (Å²) in [5.74, 6) is 0.493. The van der Waals surface area contributed by atoms with Gasteiger partial charge in [0.1, 0.15) is 18.0 Å². The van der Waals surface area contributed by atoms with Gasteiger partial charge in [-0.15, -0.1) is 0 Å². The Morgan fingerprint density at radius 3 is 2.48 bits per heavy atom. The molecular formula is C20H30N2O5. The molecule has 2 rings (SSSR count). The highest BCUT2D eigenvalue weighted by Crippen LogP contribution is 2.34. The number of hydrogen-bond acceptors (Lipinski definition) is 5. The lowest BCUT2D eigenvalue weighted by Gasteiger charge is -2.29. The average Bonchev–Trinajstić information content (AvgIpc) is 2.98. The summed E-state index contributed by atoms with van der Waals surface area (Å²) in [6.07, 6.45) is 1.36. The van der Waals surface area contributed by atoms with Crippen LogP contribution in [0.2, 0.25) is 0 Å². The topological polar surface area (TPSA) is 81.9 Å². The Labute approximate surface area is 160 Å². The molecule has 1 saturated heterocycles. The standard InChI is InChI=1S/C20H30N2O5/c1-19(2,3)16-10-9-14(22(24)25)12-17(16)26-13-15-8-7-11-21(15)18(23)27-20(4,5)6/h9-10,12,15H,7-8,11,13H2,1-6H3. The second kappa shape index (κ2) is 7.74. The van der Waals surface area contributed by atoms with E-state index in [1.54, 1.807) is 11.0 Å². The highest BCUT2D eigenvalue weighted by Gasteiger charge is 2.33. The van der Waals surface area contributed by atoms with Gasteiger partial charge in [-0.25, -0.2) is 4.79 Å². The number of nitro benzene ring substituents is 1. The monoisotopic (exact) mass is 378 g/mol. The summed E-state index contributed by atoms with van der Waals surface area (Å²) in [7, 11) is 0. The van der Waals surface area contributed by atoms with Crippen molar-refractivity contribution in [2.45, 2.75) is 71.4 Å². The average molecular weight is 378 g/mol. The zero-order valence-electron chi connectivity index (χ0n) is 17.1. The number of nitro groups is 1. The van der Waals surface area contributed by atoms with E-state index >= 15 is 0 Å². The lowest BCUT2D eigenvalue weighted by atomic mass is 9.86. The van der Waals surface area contributed by atoms with Gasteiger partial charge in [0.05, 0.1) is 17.0 Å². The molecule has 1 unspecified atom stereocenters. The van der Waals surface area contributed by atoms with Gasteiger partial charge in [0.2, 0.25) is 0 Å². The van der Waals surface area contributed by atoms with Crippen LogP contribution < -0.4 is 4.74 Å². The van der Waals surface area contributed by atoms with E-state index in [4.69, 9.17) is 9.47 Å². The molecule has 0 aliphatic carbocycles. The fourth-order valence-electron chi connectivity index (χ4n) is 3.12. The third-order valence-corrected chi connectivity index (χ3v) is 4.42. The predicted molar refractivity (Wildman–Crippen MR) is 103 cm³/mol. The number of carbonyl (C=O) groups is 1. The van der Waals surface area contributed by atoms with Gasteiger partial charge in [0.15, 0.2) is 0 Å². The van der Waals surface area contributed by atoms with Crippen molar-refractivity contribution in [2.75, 3.05) is 13.2 Å². The number of benzene rings is 1. The molecule has 0 saturated carbocycles. The first kappa shape index (κ1) is 21.0. The molecule has 1 aromatic carbocycles. The maximum Gasteiger partial charge on any atom is 0.410 e. The number of hydrogen-bond donors (Lipinski definition) is 0. The molecular weight excluding hydrogens is 348 g/mol. The van der Waals surface area contributed by atoms with Gasteiger partial charge in [0, 0.05) is 12.6 Å². The van der Waals surface area contributed by atoms with E-state index in [-0.39, 0.29) is 29.8 Å². The van der Waals surface area contributed by atoms with E-state index in [9.17, 15) is 14.9 Å². The quantitative estimate of drug-likeness (QED) is 0.562. The van der Waals surface area contributed by atoms with Crippen LogP contribution in [0, 0.1) is 10.1 Å². The lowest BCUT2D eigenvalue weighted by molar-refractivity contribution is -0.385. The van der Waals surface area contributed by atoms with E-state index in [0.29, 0.717) is 12.3 Å². The molecule has 7 heteroatoms. The van der Waals surface area contributed by atoms with Crippen molar-refractivity contribution in [3.05, 3.63) is 33.9 Å². The van der Waals surface area contributed by atoms with Crippen molar-refractivity contribution in [3.63, 3.8) is 0 Å². The largest absolute Gasteiger partial charge is 0.491 e. The number of non-ortho nitro benzene ring substituents is 1. The molecule has 0 radical (unpaired) electrons. The molecule has 150 valence electrons. The summed E-state index contributed by atoms with van der Waals surface area (Å²) in [6.45, 7) is 12.5. The van der Waals surface area contributed by atoms with Gasteiger partial charge in [-0.2, -0.15) is 0 Å². The van der Waals surface area contributed by atoms with Crippen molar-refractivity contribution >= 4 is 11.8 Å². The normalized spacial score (nSPS) is 17.7. The summed E-state index contributed by atoms with van der Waals surface area (Å²) in [5.41, 5.74) is 0.124. The predicted octanol–water partition coefficient (Wildman–Crippen LogP) is 4.67. The van der Waals surface area contributed by atoms with Crippen LogP contribution in [-0.4, -0.2) is 40.7 Å². The van der Waals surface area contributed by atoms with Gasteiger partial charge in [-0.1, -0.05) is 20.8 Å². The van der Waals surface area contributed by atoms with Crippen LogP contribution in [0.25, 0.3) is 0 Å². The second-order valence-electron chi connectivity index (χ2n) is 8.97. The molecule has 0 aromatic heterocycles. The molecule has 0 spiro atoms. The zero-order valence-corrected chi connectivity index (χ0v) is 17.1. The first-order chi connectivity index (χ1) is 12.4. The zero-order chi connectivity index (χ0) is 20.4. The van der Waals surface area contributed by atoms with E-state index in [0.717, 1.165) is 18.4 Å². The molecule has 0 bridgehead atoms. The number of rotatable bonds is 4. The number of likely N-dealkylation sites (tertiary alicyclic amines) is 1. The summed E-state index contributed by atoms with van der Waals surface area (Å²) in [5, 5.41) is 11.1. The molecule has 1 aliphatic heterocycles. The second-order valence-corrected chi connectivity index (χ2v) is 8.97. The third-order valence-electron chi connectivity index (χ3n) is 4.42. The van der Waals surface area contributed by atoms with Crippen LogP contribution in [0.1, 0.15) is 59.9 Å². The molecule has 1 atom stereocenters. The molecule has 1 aliphatic rings. The Balaban J connectivity index is 2.16. The Hall–Kier alpha value is -2.31. The Morgan fingerprint density at radius 1 is 1.26 bits per heavy atom. The molecule has 27 heavy (non-hydrogen) atoms. The number of amides is 1. The van der Waals surface area contributed by atoms with Gasteiger partial charge in [-0.3, -0.25) is 10.1 Å². The molecule has 1 aromatic rings. The highest BCUT2D eigenvalue weighted by molar-refractivity contribution is 5.69. The minimum atomic E-state index is -0.551. The van der Waals surface area contributed by atoms with Crippen LogP contribution in [0.4, 0.5) is 10.5 Å². The summed E-state index contributed by atoms with van der Waals surface area (Å²) in [6, 6.07) is 4.60. The minimum absolute atomic E-state index is 0.00609. The van der Waals surface area contributed by atoms with Crippen molar-refractivity contribution in [1.82, 2.24) is 4.90 Å². The van der Waals surface area contributed by atoms with Crippen molar-refractivity contribution < 1.29 is 19.2 Å². The van der Waals surface area contributed by atoms with Crippen LogP contribution >= 0.6 is 0 Å². The summed E-state index contributed by atoms with van der Waals surface area (Å²) >= 11 is 0. The first-order valence-corrected chi connectivity index (χ1v) is 9.30. The van der Waals surface area contributed by atoms with Gasteiger partial charge >= 0.3 is 6.09 Å². The number of nitrogens with zero attached hydrogens (tertiary/aromatic N) is 2. The van der Waals surface area contributed by atoms with Crippen molar-refractivity contribution in [2.24, 2.45) is 0 Å². The van der Waals surface area contributed by atoms with Crippen molar-refractivity contribution in [3.8, 4) is 5.75 Å². The Morgan fingerprint density at radius 2 is 1.93 bits per heavy atom. The van der Waals surface area contributed by atoms with E-state index < -0.39 is 10.5 Å². The Bertz CT molecular complexity index is 703.